The number of aryl methyl sites for hydroxylation is 2. The molecule has 0 aliphatic carbocycles. The molecule has 0 aromatic heterocycles. The lowest BCUT2D eigenvalue weighted by molar-refractivity contribution is -0.142. The molecule has 0 aliphatic heterocycles. The maximum absolute atomic E-state index is 13.0. The van der Waals surface area contributed by atoms with Crippen molar-refractivity contribution < 1.29 is 14.3 Å². The molecule has 1 N–H and O–H groups in total. The third kappa shape index (κ3) is 6.98. The smallest absolute Gasteiger partial charge is 0.322 e. The first-order valence-corrected chi connectivity index (χ1v) is 9.93. The summed E-state index contributed by atoms with van der Waals surface area (Å²) in [6, 6.07) is 16.0. The van der Waals surface area contributed by atoms with Crippen LogP contribution in [0.1, 0.15) is 30.5 Å². The Balaban J connectivity index is 2.11. The van der Waals surface area contributed by atoms with E-state index in [1.807, 2.05) is 58.0 Å². The van der Waals surface area contributed by atoms with E-state index in [9.17, 15) is 4.79 Å². The quantitative estimate of drug-likeness (QED) is 0.600. The van der Waals surface area contributed by atoms with Crippen LogP contribution in [-0.2, 0) is 15.9 Å². The summed E-state index contributed by atoms with van der Waals surface area (Å²) in [6.45, 7) is 9.93. The van der Waals surface area contributed by atoms with Crippen LogP contribution in [0, 0.1) is 13.8 Å². The molecule has 0 atom stereocenters. The van der Waals surface area contributed by atoms with Crippen molar-refractivity contribution in [2.45, 2.75) is 40.4 Å². The molecule has 0 bridgehead atoms. The maximum atomic E-state index is 13.0. The van der Waals surface area contributed by atoms with Gasteiger partial charge in [-0.1, -0.05) is 48.0 Å². The van der Waals surface area contributed by atoms with Gasteiger partial charge in [0.05, 0.1) is 6.54 Å². The van der Waals surface area contributed by atoms with E-state index >= 15 is 0 Å². The van der Waals surface area contributed by atoms with E-state index in [1.54, 1.807) is 4.90 Å². The van der Waals surface area contributed by atoms with Gasteiger partial charge in [0.15, 0.2) is 6.29 Å². The van der Waals surface area contributed by atoms with Crippen molar-refractivity contribution in [1.82, 2.24) is 4.90 Å². The number of benzene rings is 2. The molecular weight excluding hydrogens is 352 g/mol. The van der Waals surface area contributed by atoms with E-state index in [0.29, 0.717) is 26.3 Å². The Morgan fingerprint density at radius 2 is 1.71 bits per heavy atom. The minimum Gasteiger partial charge on any atom is -0.351 e. The van der Waals surface area contributed by atoms with Crippen molar-refractivity contribution in [2.75, 3.05) is 31.6 Å². The summed E-state index contributed by atoms with van der Waals surface area (Å²) >= 11 is 0. The first kappa shape index (κ1) is 21.9. The Bertz CT molecular complexity index is 728. The highest BCUT2D eigenvalue weighted by atomic mass is 16.7. The molecule has 2 rings (SSSR count). The molecule has 0 saturated heterocycles. The SMILES string of the molecule is CCOC(CN(CCc1ccccc1)C(=O)Nc1ccc(C)cc1C)OCC. The fourth-order valence-electron chi connectivity index (χ4n) is 3.04. The number of amides is 2. The van der Waals surface area contributed by atoms with Gasteiger partial charge in [-0.15, -0.1) is 0 Å². The zero-order valence-electron chi connectivity index (χ0n) is 17.4. The minimum atomic E-state index is -0.435. The van der Waals surface area contributed by atoms with Crippen molar-refractivity contribution in [3.8, 4) is 0 Å². The highest BCUT2D eigenvalue weighted by molar-refractivity contribution is 5.90. The molecule has 0 saturated carbocycles. The van der Waals surface area contributed by atoms with Crippen LogP contribution in [0.2, 0.25) is 0 Å². The second-order valence-electron chi connectivity index (χ2n) is 6.77. The molecule has 2 aromatic rings. The maximum Gasteiger partial charge on any atom is 0.322 e. The molecule has 5 nitrogen and oxygen atoms in total. The molecule has 0 spiro atoms. The van der Waals surface area contributed by atoms with Gasteiger partial charge in [-0.25, -0.2) is 4.79 Å². The third-order valence-corrected chi connectivity index (χ3v) is 4.50. The molecule has 2 amide bonds. The zero-order chi connectivity index (χ0) is 20.4. The topological polar surface area (TPSA) is 50.8 Å². The Morgan fingerprint density at radius 1 is 1.04 bits per heavy atom. The molecule has 0 heterocycles. The van der Waals surface area contributed by atoms with Gasteiger partial charge >= 0.3 is 6.03 Å². The number of ether oxygens (including phenoxy) is 2. The highest BCUT2D eigenvalue weighted by Gasteiger charge is 2.20. The monoisotopic (exact) mass is 384 g/mol. The molecule has 28 heavy (non-hydrogen) atoms. The average Bonchev–Trinajstić information content (AvgIpc) is 2.68. The predicted octanol–water partition coefficient (Wildman–Crippen LogP) is 4.78. The van der Waals surface area contributed by atoms with Crippen LogP contribution in [0.15, 0.2) is 48.5 Å². The fourth-order valence-corrected chi connectivity index (χ4v) is 3.04. The summed E-state index contributed by atoms with van der Waals surface area (Å²) in [7, 11) is 0. The van der Waals surface area contributed by atoms with Gasteiger partial charge in [-0.2, -0.15) is 0 Å². The average molecular weight is 385 g/mol. The Morgan fingerprint density at radius 3 is 2.32 bits per heavy atom. The number of nitrogens with one attached hydrogen (secondary N) is 1. The zero-order valence-corrected chi connectivity index (χ0v) is 17.4. The van der Waals surface area contributed by atoms with Gasteiger partial charge in [0.25, 0.3) is 0 Å². The van der Waals surface area contributed by atoms with Crippen LogP contribution in [0.5, 0.6) is 0 Å². The van der Waals surface area contributed by atoms with E-state index in [1.165, 1.54) is 11.1 Å². The summed E-state index contributed by atoms with van der Waals surface area (Å²) in [5.41, 5.74) is 4.23. The highest BCUT2D eigenvalue weighted by Crippen LogP contribution is 2.17. The lowest BCUT2D eigenvalue weighted by atomic mass is 10.1. The Labute approximate surface area is 168 Å². The van der Waals surface area contributed by atoms with Crippen LogP contribution in [0.4, 0.5) is 10.5 Å². The molecule has 0 fully saturated rings. The second-order valence-corrected chi connectivity index (χ2v) is 6.77. The standard InChI is InChI=1S/C23H32N2O3/c1-5-27-22(28-6-2)17-25(15-14-20-10-8-7-9-11-20)23(26)24-21-13-12-18(3)16-19(21)4/h7-13,16,22H,5-6,14-15,17H2,1-4H3,(H,24,26). The molecule has 5 heteroatoms. The van der Waals surface area contributed by atoms with E-state index in [-0.39, 0.29) is 6.03 Å². The number of carbonyl (C=O) groups is 1. The largest absolute Gasteiger partial charge is 0.351 e. The van der Waals surface area contributed by atoms with Crippen LogP contribution >= 0.6 is 0 Å². The number of rotatable bonds is 10. The van der Waals surface area contributed by atoms with Gasteiger partial charge in [-0.3, -0.25) is 0 Å². The molecule has 2 aromatic carbocycles. The van der Waals surface area contributed by atoms with Crippen molar-refractivity contribution >= 4 is 11.7 Å². The van der Waals surface area contributed by atoms with Crippen molar-refractivity contribution in [3.05, 3.63) is 65.2 Å². The Hall–Kier alpha value is -2.37. The third-order valence-electron chi connectivity index (χ3n) is 4.50. The first-order chi connectivity index (χ1) is 13.5. The fraction of sp³-hybridized carbons (Fsp3) is 0.435. The normalized spacial score (nSPS) is 10.9. The molecule has 0 aliphatic rings. The summed E-state index contributed by atoms with van der Waals surface area (Å²) in [6.07, 6.45) is 0.335. The lowest BCUT2D eigenvalue weighted by Crippen LogP contribution is -2.43. The molecule has 0 unspecified atom stereocenters. The van der Waals surface area contributed by atoms with Crippen molar-refractivity contribution in [2.24, 2.45) is 0 Å². The summed E-state index contributed by atoms with van der Waals surface area (Å²) in [4.78, 5) is 14.8. The van der Waals surface area contributed by atoms with E-state index in [2.05, 4.69) is 23.5 Å². The Kier molecular flexibility index (Phi) is 8.98. The number of anilines is 1. The molecule has 0 radical (unpaired) electrons. The molecular formula is C23H32N2O3. The van der Waals surface area contributed by atoms with Crippen molar-refractivity contribution in [1.29, 1.82) is 0 Å². The number of nitrogens with zero attached hydrogens (tertiary/aromatic N) is 1. The summed E-state index contributed by atoms with van der Waals surface area (Å²) in [5.74, 6) is 0. The second kappa shape index (κ2) is 11.5. The van der Waals surface area contributed by atoms with E-state index in [0.717, 1.165) is 17.7 Å². The lowest BCUT2D eigenvalue weighted by Gasteiger charge is -2.28. The van der Waals surface area contributed by atoms with E-state index < -0.39 is 6.29 Å². The van der Waals surface area contributed by atoms with Crippen LogP contribution in [0.3, 0.4) is 0 Å². The van der Waals surface area contributed by atoms with E-state index in [4.69, 9.17) is 9.47 Å². The predicted molar refractivity (Wildman–Crippen MR) is 114 cm³/mol. The number of urea groups is 1. The first-order valence-electron chi connectivity index (χ1n) is 9.93. The number of hydrogen-bond acceptors (Lipinski definition) is 3. The van der Waals surface area contributed by atoms with Gasteiger partial charge in [0.2, 0.25) is 0 Å². The van der Waals surface area contributed by atoms with Crippen LogP contribution in [0.25, 0.3) is 0 Å². The van der Waals surface area contributed by atoms with Gasteiger partial charge in [0.1, 0.15) is 0 Å². The van der Waals surface area contributed by atoms with Gasteiger partial charge in [0, 0.05) is 25.4 Å². The number of hydrogen-bond donors (Lipinski definition) is 1. The summed E-state index contributed by atoms with van der Waals surface area (Å²) < 4.78 is 11.3. The van der Waals surface area contributed by atoms with Crippen LogP contribution < -0.4 is 5.32 Å². The van der Waals surface area contributed by atoms with Crippen molar-refractivity contribution in [3.63, 3.8) is 0 Å². The minimum absolute atomic E-state index is 0.146. The summed E-state index contributed by atoms with van der Waals surface area (Å²) in [5, 5.41) is 3.04. The molecule has 152 valence electrons. The number of carbonyl (C=O) groups excluding carboxylic acids is 1. The van der Waals surface area contributed by atoms with Crippen LogP contribution in [-0.4, -0.2) is 43.5 Å². The van der Waals surface area contributed by atoms with Gasteiger partial charge < -0.3 is 19.7 Å². The van der Waals surface area contributed by atoms with Gasteiger partial charge in [-0.05, 0) is 51.3 Å².